The van der Waals surface area contributed by atoms with E-state index in [1.54, 1.807) is 36.4 Å². The predicted molar refractivity (Wildman–Crippen MR) is 101 cm³/mol. The van der Waals surface area contributed by atoms with Crippen molar-refractivity contribution in [3.8, 4) is 5.75 Å². The Balaban J connectivity index is 1.94. The maximum Gasteiger partial charge on any atom is 0.329 e. The van der Waals surface area contributed by atoms with Gasteiger partial charge in [0.05, 0.1) is 6.21 Å². The van der Waals surface area contributed by atoms with Crippen molar-refractivity contribution in [2.24, 2.45) is 5.10 Å². The van der Waals surface area contributed by atoms with Gasteiger partial charge in [0.25, 0.3) is 0 Å². The summed E-state index contributed by atoms with van der Waals surface area (Å²) >= 11 is 0. The molecule has 0 bridgehead atoms. The Labute approximate surface area is 157 Å². The molecular formula is C20H22FN3O3. The third-order valence-electron chi connectivity index (χ3n) is 3.79. The van der Waals surface area contributed by atoms with E-state index in [0.29, 0.717) is 11.3 Å². The maximum absolute atomic E-state index is 12.9. The number of ether oxygens (including phenoxy) is 1. The van der Waals surface area contributed by atoms with Crippen molar-refractivity contribution in [3.05, 3.63) is 65.5 Å². The highest BCUT2D eigenvalue weighted by molar-refractivity contribution is 6.35. The van der Waals surface area contributed by atoms with Gasteiger partial charge in [-0.15, -0.1) is 0 Å². The van der Waals surface area contributed by atoms with Crippen LogP contribution in [0, 0.1) is 5.82 Å². The lowest BCUT2D eigenvalue weighted by Crippen LogP contribution is -2.41. The number of rotatable bonds is 7. The summed E-state index contributed by atoms with van der Waals surface area (Å²) in [5, 5.41) is 6.36. The first kappa shape index (κ1) is 20.1. The van der Waals surface area contributed by atoms with Crippen LogP contribution >= 0.6 is 0 Å². The van der Waals surface area contributed by atoms with Crippen molar-refractivity contribution in [2.45, 2.75) is 32.9 Å². The molecule has 0 aromatic heterocycles. The van der Waals surface area contributed by atoms with Crippen LogP contribution in [0.4, 0.5) is 4.39 Å². The fourth-order valence-electron chi connectivity index (χ4n) is 2.06. The minimum Gasteiger partial charge on any atom is -0.488 e. The van der Waals surface area contributed by atoms with Crippen LogP contribution in [0.15, 0.2) is 53.6 Å². The van der Waals surface area contributed by atoms with Crippen molar-refractivity contribution in [2.75, 3.05) is 0 Å². The van der Waals surface area contributed by atoms with E-state index in [-0.39, 0.29) is 18.5 Å². The molecule has 27 heavy (non-hydrogen) atoms. The molecule has 2 aromatic rings. The van der Waals surface area contributed by atoms with Crippen LogP contribution in [-0.2, 0) is 16.2 Å². The predicted octanol–water partition coefficient (Wildman–Crippen LogP) is 2.77. The molecule has 0 unspecified atom stereocenters. The highest BCUT2D eigenvalue weighted by Gasteiger charge is 2.14. The molecule has 0 aliphatic heterocycles. The van der Waals surface area contributed by atoms with Gasteiger partial charge in [-0.1, -0.05) is 31.2 Å². The lowest BCUT2D eigenvalue weighted by molar-refractivity contribution is -0.139. The number of nitrogens with zero attached hydrogens (tertiary/aromatic N) is 1. The molecule has 0 aliphatic rings. The van der Waals surface area contributed by atoms with Gasteiger partial charge in [0, 0.05) is 11.6 Å². The third-order valence-corrected chi connectivity index (χ3v) is 3.79. The topological polar surface area (TPSA) is 79.8 Å². The summed E-state index contributed by atoms with van der Waals surface area (Å²) in [6.07, 6.45) is 2.12. The molecule has 7 heteroatoms. The van der Waals surface area contributed by atoms with Crippen molar-refractivity contribution < 1.29 is 18.7 Å². The van der Waals surface area contributed by atoms with E-state index < -0.39 is 11.8 Å². The molecule has 1 atom stereocenters. The summed E-state index contributed by atoms with van der Waals surface area (Å²) in [4.78, 5) is 23.4. The number of carbonyl (C=O) groups excluding carboxylic acids is 2. The van der Waals surface area contributed by atoms with Gasteiger partial charge in [-0.25, -0.2) is 9.82 Å². The first-order valence-corrected chi connectivity index (χ1v) is 8.59. The van der Waals surface area contributed by atoms with Gasteiger partial charge in [0.15, 0.2) is 0 Å². The SMILES string of the molecule is CC[C@@H](C)NC(=O)C(=O)N/N=C\c1ccccc1OCc1ccc(F)cc1. The second-order valence-electron chi connectivity index (χ2n) is 5.93. The molecule has 0 aliphatic carbocycles. The Morgan fingerprint density at radius 1 is 1.15 bits per heavy atom. The summed E-state index contributed by atoms with van der Waals surface area (Å²) in [6, 6.07) is 13.0. The van der Waals surface area contributed by atoms with Gasteiger partial charge in [-0.3, -0.25) is 9.59 Å². The highest BCUT2D eigenvalue weighted by atomic mass is 19.1. The summed E-state index contributed by atoms with van der Waals surface area (Å²) in [6.45, 7) is 3.97. The third kappa shape index (κ3) is 6.54. The number of halogens is 1. The number of hydrogen-bond acceptors (Lipinski definition) is 4. The fourth-order valence-corrected chi connectivity index (χ4v) is 2.06. The summed E-state index contributed by atoms with van der Waals surface area (Å²) in [5.41, 5.74) is 3.63. The molecule has 6 nitrogen and oxygen atoms in total. The van der Waals surface area contributed by atoms with Crippen LogP contribution in [0.5, 0.6) is 5.75 Å². The molecule has 0 fully saturated rings. The van der Waals surface area contributed by atoms with Gasteiger partial charge >= 0.3 is 11.8 Å². The van der Waals surface area contributed by atoms with E-state index in [1.807, 2.05) is 13.8 Å². The zero-order chi connectivity index (χ0) is 19.6. The molecule has 0 spiro atoms. The van der Waals surface area contributed by atoms with Crippen molar-refractivity contribution in [1.29, 1.82) is 0 Å². The number of nitrogens with one attached hydrogen (secondary N) is 2. The lowest BCUT2D eigenvalue weighted by atomic mass is 10.2. The Morgan fingerprint density at radius 3 is 2.56 bits per heavy atom. The molecular weight excluding hydrogens is 349 g/mol. The smallest absolute Gasteiger partial charge is 0.329 e. The number of hydrogen-bond donors (Lipinski definition) is 2. The summed E-state index contributed by atoms with van der Waals surface area (Å²) in [7, 11) is 0. The molecule has 2 rings (SSSR count). The van der Waals surface area contributed by atoms with E-state index >= 15 is 0 Å². The molecule has 2 amide bonds. The zero-order valence-electron chi connectivity index (χ0n) is 15.2. The average molecular weight is 371 g/mol. The second kappa shape index (κ2) is 10.1. The largest absolute Gasteiger partial charge is 0.488 e. The minimum atomic E-state index is -0.837. The maximum atomic E-state index is 12.9. The van der Waals surface area contributed by atoms with Crippen molar-refractivity contribution in [3.63, 3.8) is 0 Å². The van der Waals surface area contributed by atoms with Crippen LogP contribution in [0.25, 0.3) is 0 Å². The Hall–Kier alpha value is -3.22. The molecule has 0 radical (unpaired) electrons. The normalized spacial score (nSPS) is 11.8. The molecule has 0 saturated heterocycles. The zero-order valence-corrected chi connectivity index (χ0v) is 15.2. The standard InChI is InChI=1S/C20H22FN3O3/c1-3-14(2)23-19(25)20(26)24-22-12-16-6-4-5-7-18(16)27-13-15-8-10-17(21)11-9-15/h4-12,14H,3,13H2,1-2H3,(H,23,25)(H,24,26)/b22-12-/t14-/m1/s1. The highest BCUT2D eigenvalue weighted by Crippen LogP contribution is 2.17. The second-order valence-corrected chi connectivity index (χ2v) is 5.93. The quantitative estimate of drug-likeness (QED) is 0.446. The van der Waals surface area contributed by atoms with Gasteiger partial charge < -0.3 is 10.1 Å². The van der Waals surface area contributed by atoms with Crippen molar-refractivity contribution >= 4 is 18.0 Å². The number of para-hydroxylation sites is 1. The van der Waals surface area contributed by atoms with E-state index in [1.165, 1.54) is 18.3 Å². The first-order chi connectivity index (χ1) is 13.0. The van der Waals surface area contributed by atoms with Gasteiger partial charge in [0.1, 0.15) is 18.2 Å². The van der Waals surface area contributed by atoms with E-state index in [0.717, 1.165) is 12.0 Å². The van der Waals surface area contributed by atoms with Crippen LogP contribution in [-0.4, -0.2) is 24.1 Å². The molecule has 0 heterocycles. The number of carbonyl (C=O) groups is 2. The van der Waals surface area contributed by atoms with Gasteiger partial charge in [0.2, 0.25) is 0 Å². The molecule has 2 aromatic carbocycles. The van der Waals surface area contributed by atoms with E-state index in [4.69, 9.17) is 4.74 Å². The fraction of sp³-hybridized carbons (Fsp3) is 0.250. The Bertz CT molecular complexity index is 806. The summed E-state index contributed by atoms with van der Waals surface area (Å²) in [5.74, 6) is -1.33. The monoisotopic (exact) mass is 371 g/mol. The van der Waals surface area contributed by atoms with E-state index in [9.17, 15) is 14.0 Å². The van der Waals surface area contributed by atoms with E-state index in [2.05, 4.69) is 15.8 Å². The molecule has 0 saturated carbocycles. The first-order valence-electron chi connectivity index (χ1n) is 8.59. The number of amides is 2. The Kier molecular flexibility index (Phi) is 7.49. The van der Waals surface area contributed by atoms with Crippen LogP contribution < -0.4 is 15.5 Å². The molecule has 2 N–H and O–H groups in total. The molecule has 142 valence electrons. The van der Waals surface area contributed by atoms with Crippen LogP contribution in [0.3, 0.4) is 0 Å². The summed E-state index contributed by atoms with van der Waals surface area (Å²) < 4.78 is 18.7. The van der Waals surface area contributed by atoms with Crippen molar-refractivity contribution in [1.82, 2.24) is 10.7 Å². The Morgan fingerprint density at radius 2 is 1.85 bits per heavy atom. The number of hydrazone groups is 1. The van der Waals surface area contributed by atoms with Gasteiger partial charge in [-0.05, 0) is 43.2 Å². The van der Waals surface area contributed by atoms with Gasteiger partial charge in [-0.2, -0.15) is 5.10 Å². The lowest BCUT2D eigenvalue weighted by Gasteiger charge is -2.10. The van der Waals surface area contributed by atoms with Crippen LogP contribution in [0.1, 0.15) is 31.4 Å². The average Bonchev–Trinajstić information content (AvgIpc) is 2.68. The van der Waals surface area contributed by atoms with Crippen LogP contribution in [0.2, 0.25) is 0 Å². The number of benzene rings is 2. The minimum absolute atomic E-state index is 0.0900.